The van der Waals surface area contributed by atoms with E-state index in [1.807, 2.05) is 0 Å². The number of nitrogens with one attached hydrogen (secondary N) is 1. The number of hydrogen-bond donors (Lipinski definition) is 1. The molecule has 5 heteroatoms. The zero-order valence-corrected chi connectivity index (χ0v) is 10.3. The Hall–Kier alpha value is -1.94. The quantitative estimate of drug-likeness (QED) is 0.845. The number of benzene rings is 1. The van der Waals surface area contributed by atoms with E-state index < -0.39 is 11.7 Å². The Morgan fingerprint density at radius 2 is 2.00 bits per heavy atom. The molecule has 0 aliphatic heterocycles. The van der Waals surface area contributed by atoms with Crippen LogP contribution in [0.25, 0.3) is 0 Å². The van der Waals surface area contributed by atoms with Crippen LogP contribution in [-0.4, -0.2) is 10.9 Å². The van der Waals surface area contributed by atoms with Gasteiger partial charge in [0.1, 0.15) is 11.0 Å². The van der Waals surface area contributed by atoms with Gasteiger partial charge >= 0.3 is 0 Å². The van der Waals surface area contributed by atoms with Gasteiger partial charge in [-0.05, 0) is 31.2 Å². The average Bonchev–Trinajstić information content (AvgIpc) is 2.33. The molecule has 92 valence electrons. The number of halogens is 2. The molecule has 0 atom stereocenters. The van der Waals surface area contributed by atoms with Crippen LogP contribution in [-0.2, 0) is 0 Å². The third-order valence-corrected chi connectivity index (χ3v) is 2.63. The Labute approximate surface area is 109 Å². The molecular weight excluding hydrogens is 255 g/mol. The van der Waals surface area contributed by atoms with Crippen LogP contribution in [0.3, 0.4) is 0 Å². The number of hydrogen-bond acceptors (Lipinski definition) is 2. The summed E-state index contributed by atoms with van der Waals surface area (Å²) in [6, 6.07) is 8.98. The standard InChI is InChI=1S/C13H10ClFN2O/c1-8-11(6-7-12(14)16-8)17-13(18)9-4-2-3-5-10(9)15/h2-7H,1H3,(H,17,18). The van der Waals surface area contributed by atoms with E-state index in [0.717, 1.165) is 0 Å². The van der Waals surface area contributed by atoms with Gasteiger partial charge in [-0.15, -0.1) is 0 Å². The van der Waals surface area contributed by atoms with Gasteiger partial charge < -0.3 is 5.32 Å². The minimum atomic E-state index is -0.561. The maximum Gasteiger partial charge on any atom is 0.258 e. The predicted octanol–water partition coefficient (Wildman–Crippen LogP) is 3.43. The summed E-state index contributed by atoms with van der Waals surface area (Å²) in [4.78, 5) is 15.9. The Morgan fingerprint density at radius 3 is 2.67 bits per heavy atom. The number of anilines is 1. The smallest absolute Gasteiger partial charge is 0.258 e. The molecule has 1 aromatic carbocycles. The molecule has 1 aromatic heterocycles. The van der Waals surface area contributed by atoms with E-state index >= 15 is 0 Å². The molecule has 1 amide bonds. The lowest BCUT2D eigenvalue weighted by atomic mass is 10.2. The van der Waals surface area contributed by atoms with E-state index in [1.165, 1.54) is 18.2 Å². The average molecular weight is 265 g/mol. The highest BCUT2D eigenvalue weighted by Crippen LogP contribution is 2.17. The number of aromatic nitrogens is 1. The van der Waals surface area contributed by atoms with Crippen LogP contribution in [0.4, 0.5) is 10.1 Å². The Bertz CT molecular complexity index is 601. The summed E-state index contributed by atoms with van der Waals surface area (Å²) in [7, 11) is 0. The molecule has 0 radical (unpaired) electrons. The fraction of sp³-hybridized carbons (Fsp3) is 0.0769. The Kier molecular flexibility index (Phi) is 3.58. The molecular formula is C13H10ClFN2O. The van der Waals surface area contributed by atoms with Crippen LogP contribution in [0.5, 0.6) is 0 Å². The van der Waals surface area contributed by atoms with Gasteiger partial charge in [0.05, 0.1) is 16.9 Å². The van der Waals surface area contributed by atoms with Crippen LogP contribution >= 0.6 is 11.6 Å². The zero-order chi connectivity index (χ0) is 13.1. The lowest BCUT2D eigenvalue weighted by molar-refractivity contribution is 0.102. The minimum absolute atomic E-state index is 0.00755. The summed E-state index contributed by atoms with van der Waals surface area (Å²) in [6.45, 7) is 1.71. The van der Waals surface area contributed by atoms with E-state index in [4.69, 9.17) is 11.6 Å². The molecule has 2 aromatic rings. The van der Waals surface area contributed by atoms with Crippen molar-refractivity contribution in [3.63, 3.8) is 0 Å². The fourth-order valence-corrected chi connectivity index (χ4v) is 1.69. The summed E-state index contributed by atoms with van der Waals surface area (Å²) in [5.74, 6) is -1.07. The first kappa shape index (κ1) is 12.5. The van der Waals surface area contributed by atoms with E-state index in [9.17, 15) is 9.18 Å². The van der Waals surface area contributed by atoms with Gasteiger partial charge in [0.15, 0.2) is 0 Å². The van der Waals surface area contributed by atoms with Crippen molar-refractivity contribution in [1.29, 1.82) is 0 Å². The molecule has 0 unspecified atom stereocenters. The van der Waals surface area contributed by atoms with Gasteiger partial charge in [-0.3, -0.25) is 4.79 Å². The fourth-order valence-electron chi connectivity index (χ4n) is 1.50. The number of carbonyl (C=O) groups excluding carboxylic acids is 1. The van der Waals surface area contributed by atoms with Crippen molar-refractivity contribution in [1.82, 2.24) is 4.98 Å². The van der Waals surface area contributed by atoms with Gasteiger partial charge in [0, 0.05) is 0 Å². The van der Waals surface area contributed by atoms with Crippen LogP contribution in [0, 0.1) is 12.7 Å². The molecule has 2 rings (SSSR count). The van der Waals surface area contributed by atoms with Gasteiger partial charge in [-0.2, -0.15) is 0 Å². The summed E-state index contributed by atoms with van der Waals surface area (Å²) >= 11 is 5.71. The Morgan fingerprint density at radius 1 is 1.28 bits per heavy atom. The SMILES string of the molecule is Cc1nc(Cl)ccc1NC(=O)c1ccccc1F. The van der Waals surface area contributed by atoms with Crippen LogP contribution < -0.4 is 5.32 Å². The molecule has 0 saturated carbocycles. The second kappa shape index (κ2) is 5.14. The summed E-state index contributed by atoms with van der Waals surface area (Å²) < 4.78 is 13.4. The predicted molar refractivity (Wildman–Crippen MR) is 68.3 cm³/mol. The number of pyridine rings is 1. The van der Waals surface area contributed by atoms with Crippen LogP contribution in [0.2, 0.25) is 5.15 Å². The molecule has 0 saturated heterocycles. The van der Waals surface area contributed by atoms with Crippen molar-refractivity contribution >= 4 is 23.2 Å². The first-order valence-corrected chi connectivity index (χ1v) is 5.65. The zero-order valence-electron chi connectivity index (χ0n) is 9.58. The van der Waals surface area contributed by atoms with Crippen LogP contribution in [0.15, 0.2) is 36.4 Å². The first-order valence-electron chi connectivity index (χ1n) is 5.27. The number of amides is 1. The third kappa shape index (κ3) is 2.65. The first-order chi connectivity index (χ1) is 8.58. The lowest BCUT2D eigenvalue weighted by Crippen LogP contribution is -2.14. The molecule has 0 bridgehead atoms. The van der Waals surface area contributed by atoms with Gasteiger partial charge in [-0.25, -0.2) is 9.37 Å². The normalized spacial score (nSPS) is 10.2. The largest absolute Gasteiger partial charge is 0.320 e. The van der Waals surface area contributed by atoms with Crippen molar-refractivity contribution in [2.24, 2.45) is 0 Å². The molecule has 0 fully saturated rings. The molecule has 1 heterocycles. The highest BCUT2D eigenvalue weighted by Gasteiger charge is 2.12. The molecule has 0 aliphatic rings. The minimum Gasteiger partial charge on any atom is -0.320 e. The summed E-state index contributed by atoms with van der Waals surface area (Å²) in [5, 5.41) is 2.94. The van der Waals surface area contributed by atoms with Crippen molar-refractivity contribution < 1.29 is 9.18 Å². The van der Waals surface area contributed by atoms with E-state index in [0.29, 0.717) is 16.5 Å². The Balaban J connectivity index is 2.24. The van der Waals surface area contributed by atoms with E-state index in [2.05, 4.69) is 10.3 Å². The summed E-state index contributed by atoms with van der Waals surface area (Å²) in [6.07, 6.45) is 0. The van der Waals surface area contributed by atoms with E-state index in [-0.39, 0.29) is 5.56 Å². The molecule has 0 spiro atoms. The highest BCUT2D eigenvalue weighted by atomic mass is 35.5. The monoisotopic (exact) mass is 264 g/mol. The number of aryl methyl sites for hydroxylation is 1. The maximum absolute atomic E-state index is 13.4. The number of rotatable bonds is 2. The van der Waals surface area contributed by atoms with E-state index in [1.54, 1.807) is 25.1 Å². The number of nitrogens with zero attached hydrogens (tertiary/aromatic N) is 1. The highest BCUT2D eigenvalue weighted by molar-refractivity contribution is 6.29. The van der Waals surface area contributed by atoms with Crippen molar-refractivity contribution in [3.8, 4) is 0 Å². The maximum atomic E-state index is 13.4. The lowest BCUT2D eigenvalue weighted by Gasteiger charge is -2.08. The molecule has 0 aliphatic carbocycles. The van der Waals surface area contributed by atoms with Crippen LogP contribution in [0.1, 0.15) is 16.1 Å². The third-order valence-electron chi connectivity index (χ3n) is 2.42. The molecule has 3 nitrogen and oxygen atoms in total. The second-order valence-electron chi connectivity index (χ2n) is 3.70. The van der Waals surface area contributed by atoms with Gasteiger partial charge in [-0.1, -0.05) is 23.7 Å². The topological polar surface area (TPSA) is 42.0 Å². The van der Waals surface area contributed by atoms with Gasteiger partial charge in [0.2, 0.25) is 0 Å². The summed E-state index contributed by atoms with van der Waals surface area (Å²) in [5.41, 5.74) is 1.08. The van der Waals surface area contributed by atoms with Crippen molar-refractivity contribution in [2.45, 2.75) is 6.92 Å². The number of carbonyl (C=O) groups is 1. The molecule has 1 N–H and O–H groups in total. The molecule has 18 heavy (non-hydrogen) atoms. The van der Waals surface area contributed by atoms with Gasteiger partial charge in [0.25, 0.3) is 5.91 Å². The second-order valence-corrected chi connectivity index (χ2v) is 4.09. The van der Waals surface area contributed by atoms with Crippen molar-refractivity contribution in [2.75, 3.05) is 5.32 Å². The van der Waals surface area contributed by atoms with Crippen molar-refractivity contribution in [3.05, 3.63) is 58.6 Å².